The van der Waals surface area contributed by atoms with Gasteiger partial charge in [0.2, 0.25) is 5.91 Å². The molecule has 0 saturated carbocycles. The lowest BCUT2D eigenvalue weighted by molar-refractivity contribution is -0.115. The van der Waals surface area contributed by atoms with Crippen molar-refractivity contribution < 1.29 is 4.79 Å². The summed E-state index contributed by atoms with van der Waals surface area (Å²) < 4.78 is 0. The zero-order chi connectivity index (χ0) is 11.0. The standard InChI is InChI=1S/C11H15N3O/c1-7(2)14-6-9(15)13-10-8(3)4-5-12-11(10)14/h4-5,7H,6H2,1-3H3,(H,13,15). The van der Waals surface area contributed by atoms with E-state index < -0.39 is 0 Å². The van der Waals surface area contributed by atoms with Crippen molar-refractivity contribution in [1.29, 1.82) is 0 Å². The highest BCUT2D eigenvalue weighted by Crippen LogP contribution is 2.30. The Morgan fingerprint density at radius 3 is 2.93 bits per heavy atom. The second kappa shape index (κ2) is 3.53. The first kappa shape index (κ1) is 9.96. The molecule has 1 amide bonds. The number of carbonyl (C=O) groups is 1. The van der Waals surface area contributed by atoms with Gasteiger partial charge in [0.1, 0.15) is 0 Å². The Balaban J connectivity index is 2.51. The monoisotopic (exact) mass is 205 g/mol. The van der Waals surface area contributed by atoms with Crippen molar-refractivity contribution in [2.24, 2.45) is 0 Å². The molecule has 0 aliphatic carbocycles. The maximum absolute atomic E-state index is 11.5. The fourth-order valence-corrected chi connectivity index (χ4v) is 1.75. The second-order valence-corrected chi connectivity index (χ2v) is 4.10. The Morgan fingerprint density at radius 1 is 1.53 bits per heavy atom. The van der Waals surface area contributed by atoms with E-state index >= 15 is 0 Å². The van der Waals surface area contributed by atoms with Crippen LogP contribution in [-0.4, -0.2) is 23.5 Å². The smallest absolute Gasteiger partial charge is 0.244 e. The number of rotatable bonds is 1. The third-order valence-electron chi connectivity index (χ3n) is 2.61. The van der Waals surface area contributed by atoms with E-state index in [9.17, 15) is 4.79 Å². The predicted octanol–water partition coefficient (Wildman–Crippen LogP) is 1.56. The lowest BCUT2D eigenvalue weighted by Crippen LogP contribution is -2.43. The fraction of sp³-hybridized carbons (Fsp3) is 0.455. The molecule has 2 rings (SSSR count). The number of hydrogen-bond donors (Lipinski definition) is 1. The number of nitrogens with one attached hydrogen (secondary N) is 1. The largest absolute Gasteiger partial charge is 0.343 e. The predicted molar refractivity (Wildman–Crippen MR) is 60.1 cm³/mol. The number of aromatic nitrogens is 1. The maximum Gasteiger partial charge on any atom is 0.244 e. The average Bonchev–Trinajstić information content (AvgIpc) is 2.18. The van der Waals surface area contributed by atoms with E-state index in [-0.39, 0.29) is 11.9 Å². The Labute approximate surface area is 89.3 Å². The summed E-state index contributed by atoms with van der Waals surface area (Å²) in [5.74, 6) is 0.914. The summed E-state index contributed by atoms with van der Waals surface area (Å²) in [7, 11) is 0. The summed E-state index contributed by atoms with van der Waals surface area (Å²) in [5, 5.41) is 2.87. The molecule has 0 radical (unpaired) electrons. The molecular formula is C11H15N3O. The lowest BCUT2D eigenvalue weighted by atomic mass is 10.1. The minimum atomic E-state index is 0.0345. The SMILES string of the molecule is Cc1ccnc2c1NC(=O)CN2C(C)C. The lowest BCUT2D eigenvalue weighted by Gasteiger charge is -2.33. The van der Waals surface area contributed by atoms with Gasteiger partial charge < -0.3 is 10.2 Å². The molecule has 15 heavy (non-hydrogen) atoms. The third-order valence-corrected chi connectivity index (χ3v) is 2.61. The Bertz CT molecular complexity index is 401. The first-order chi connectivity index (χ1) is 7.09. The van der Waals surface area contributed by atoms with Crippen LogP contribution in [0.15, 0.2) is 12.3 Å². The summed E-state index contributed by atoms with van der Waals surface area (Å²) in [6.07, 6.45) is 1.78. The van der Waals surface area contributed by atoms with Crippen LogP contribution in [0.5, 0.6) is 0 Å². The van der Waals surface area contributed by atoms with Crippen molar-refractivity contribution in [2.75, 3.05) is 16.8 Å². The number of hydrogen-bond acceptors (Lipinski definition) is 3. The summed E-state index contributed by atoms with van der Waals surface area (Å²) in [6, 6.07) is 2.19. The van der Waals surface area contributed by atoms with Crippen molar-refractivity contribution in [1.82, 2.24) is 4.98 Å². The summed E-state index contributed by atoms with van der Waals surface area (Å²) in [5.41, 5.74) is 1.90. The topological polar surface area (TPSA) is 45.2 Å². The van der Waals surface area contributed by atoms with Crippen LogP contribution < -0.4 is 10.2 Å². The van der Waals surface area contributed by atoms with Gasteiger partial charge in [-0.15, -0.1) is 0 Å². The van der Waals surface area contributed by atoms with Gasteiger partial charge in [0.15, 0.2) is 5.82 Å². The quantitative estimate of drug-likeness (QED) is 0.756. The molecule has 0 aromatic carbocycles. The summed E-state index contributed by atoms with van der Waals surface area (Å²) in [6.45, 7) is 6.49. The molecular weight excluding hydrogens is 190 g/mol. The van der Waals surface area contributed by atoms with Crippen LogP contribution in [0, 0.1) is 6.92 Å². The van der Waals surface area contributed by atoms with E-state index in [0.29, 0.717) is 6.54 Å². The average molecular weight is 205 g/mol. The van der Waals surface area contributed by atoms with E-state index in [2.05, 4.69) is 24.1 Å². The zero-order valence-electron chi connectivity index (χ0n) is 9.24. The number of aryl methyl sites for hydroxylation is 1. The minimum Gasteiger partial charge on any atom is -0.343 e. The van der Waals surface area contributed by atoms with Gasteiger partial charge in [-0.25, -0.2) is 4.98 Å². The zero-order valence-corrected chi connectivity index (χ0v) is 9.24. The van der Waals surface area contributed by atoms with Gasteiger partial charge in [0.25, 0.3) is 0 Å². The van der Waals surface area contributed by atoms with Gasteiger partial charge in [0.05, 0.1) is 12.2 Å². The highest BCUT2D eigenvalue weighted by Gasteiger charge is 2.25. The molecule has 0 unspecified atom stereocenters. The molecule has 0 spiro atoms. The van der Waals surface area contributed by atoms with Crippen LogP contribution in [0.2, 0.25) is 0 Å². The number of amides is 1. The molecule has 0 saturated heterocycles. The van der Waals surface area contributed by atoms with Gasteiger partial charge in [-0.3, -0.25) is 4.79 Å². The normalized spacial score (nSPS) is 15.2. The Hall–Kier alpha value is -1.58. The number of anilines is 2. The number of fused-ring (bicyclic) bond motifs is 1. The molecule has 1 aromatic heterocycles. The van der Waals surface area contributed by atoms with Crippen molar-refractivity contribution in [2.45, 2.75) is 26.8 Å². The van der Waals surface area contributed by atoms with Crippen LogP contribution in [0.25, 0.3) is 0 Å². The summed E-state index contributed by atoms with van der Waals surface area (Å²) >= 11 is 0. The van der Waals surface area contributed by atoms with Crippen LogP contribution in [0.4, 0.5) is 11.5 Å². The first-order valence-corrected chi connectivity index (χ1v) is 5.11. The van der Waals surface area contributed by atoms with Crippen LogP contribution in [-0.2, 0) is 4.79 Å². The maximum atomic E-state index is 11.5. The first-order valence-electron chi connectivity index (χ1n) is 5.11. The highest BCUT2D eigenvalue weighted by molar-refractivity contribution is 6.01. The molecule has 1 aliphatic rings. The van der Waals surface area contributed by atoms with E-state index in [1.54, 1.807) is 6.20 Å². The van der Waals surface area contributed by atoms with E-state index in [1.165, 1.54) is 0 Å². The van der Waals surface area contributed by atoms with Crippen LogP contribution >= 0.6 is 0 Å². The molecule has 0 fully saturated rings. The van der Waals surface area contributed by atoms with Crippen molar-refractivity contribution in [3.8, 4) is 0 Å². The highest BCUT2D eigenvalue weighted by atomic mass is 16.2. The van der Waals surface area contributed by atoms with Crippen molar-refractivity contribution >= 4 is 17.4 Å². The molecule has 4 nitrogen and oxygen atoms in total. The molecule has 1 aromatic rings. The molecule has 2 heterocycles. The number of carbonyl (C=O) groups excluding carboxylic acids is 1. The number of pyridine rings is 1. The molecule has 0 bridgehead atoms. The molecule has 1 aliphatic heterocycles. The minimum absolute atomic E-state index is 0.0345. The Kier molecular flexibility index (Phi) is 2.34. The van der Waals surface area contributed by atoms with Gasteiger partial charge in [0, 0.05) is 12.2 Å². The molecule has 1 N–H and O–H groups in total. The van der Waals surface area contributed by atoms with Gasteiger partial charge in [-0.05, 0) is 32.4 Å². The molecule has 80 valence electrons. The van der Waals surface area contributed by atoms with Crippen LogP contribution in [0.3, 0.4) is 0 Å². The van der Waals surface area contributed by atoms with Gasteiger partial charge in [-0.1, -0.05) is 0 Å². The summed E-state index contributed by atoms with van der Waals surface area (Å²) in [4.78, 5) is 17.9. The Morgan fingerprint density at radius 2 is 2.27 bits per heavy atom. The van der Waals surface area contributed by atoms with Crippen LogP contribution in [0.1, 0.15) is 19.4 Å². The van der Waals surface area contributed by atoms with E-state index in [4.69, 9.17) is 0 Å². The number of nitrogens with zero attached hydrogens (tertiary/aromatic N) is 2. The second-order valence-electron chi connectivity index (χ2n) is 4.10. The van der Waals surface area contributed by atoms with Gasteiger partial charge >= 0.3 is 0 Å². The van der Waals surface area contributed by atoms with E-state index in [0.717, 1.165) is 17.1 Å². The fourth-order valence-electron chi connectivity index (χ4n) is 1.75. The third kappa shape index (κ3) is 1.67. The van der Waals surface area contributed by atoms with Crippen molar-refractivity contribution in [3.63, 3.8) is 0 Å². The van der Waals surface area contributed by atoms with Crippen molar-refractivity contribution in [3.05, 3.63) is 17.8 Å². The van der Waals surface area contributed by atoms with E-state index in [1.807, 2.05) is 17.9 Å². The molecule has 4 heteroatoms. The molecule has 0 atom stereocenters. The van der Waals surface area contributed by atoms with Gasteiger partial charge in [-0.2, -0.15) is 0 Å².